The normalized spacial score (nSPS) is 15.8. The Kier molecular flexibility index (Phi) is 2.51. The molecule has 1 N–H and O–H groups in total. The van der Waals surface area contributed by atoms with Gasteiger partial charge in [0.2, 0.25) is 0 Å². The fourth-order valence-corrected chi connectivity index (χ4v) is 1.26. The lowest BCUT2D eigenvalue weighted by Crippen LogP contribution is -2.19. The topological polar surface area (TPSA) is 63.2 Å². The molecular formula is CH4FNO3S2. The van der Waals surface area contributed by atoms with Gasteiger partial charge in [0, 0.05) is 6.26 Å². The average molecular weight is 161 g/mol. The van der Waals surface area contributed by atoms with Crippen LogP contribution in [0.2, 0.25) is 0 Å². The highest BCUT2D eigenvalue weighted by Gasteiger charge is 2.05. The van der Waals surface area contributed by atoms with Gasteiger partial charge < -0.3 is 0 Å². The Morgan fingerprint density at radius 2 is 2.00 bits per heavy atom. The molecule has 0 aliphatic carbocycles. The van der Waals surface area contributed by atoms with E-state index in [4.69, 9.17) is 0 Å². The molecule has 1 atom stereocenters. The van der Waals surface area contributed by atoms with Crippen molar-refractivity contribution in [2.75, 3.05) is 6.26 Å². The predicted octanol–water partition coefficient (Wildman–Crippen LogP) is -0.916. The van der Waals surface area contributed by atoms with Crippen molar-refractivity contribution in [3.63, 3.8) is 0 Å². The Morgan fingerprint density at radius 1 is 1.62 bits per heavy atom. The van der Waals surface area contributed by atoms with Gasteiger partial charge in [-0.25, -0.2) is 4.21 Å². The van der Waals surface area contributed by atoms with E-state index in [0.29, 0.717) is 0 Å². The minimum Gasteiger partial charge on any atom is -0.242 e. The second-order valence-electron chi connectivity index (χ2n) is 0.975. The summed E-state index contributed by atoms with van der Waals surface area (Å²) in [6, 6.07) is 0. The Bertz CT molecular complexity index is 183. The first kappa shape index (κ1) is 7.99. The Balaban J connectivity index is 3.95. The highest BCUT2D eigenvalue weighted by molar-refractivity contribution is 7.98. The average Bonchev–Trinajstić information content (AvgIpc) is 1.21. The summed E-state index contributed by atoms with van der Waals surface area (Å²) in [5, 5.41) is 0. The van der Waals surface area contributed by atoms with Crippen LogP contribution in [0.15, 0.2) is 0 Å². The quantitative estimate of drug-likeness (QED) is 0.533. The molecule has 0 saturated heterocycles. The Labute approximate surface area is 49.0 Å². The predicted molar refractivity (Wildman–Crippen MR) is 27.2 cm³/mol. The molecule has 7 heteroatoms. The maximum atomic E-state index is 11.3. The highest BCUT2D eigenvalue weighted by atomic mass is 32.3. The maximum absolute atomic E-state index is 11.3. The summed E-state index contributed by atoms with van der Waals surface area (Å²) in [6.07, 6.45) is 1.01. The van der Waals surface area contributed by atoms with Crippen LogP contribution in [0.4, 0.5) is 3.89 Å². The van der Waals surface area contributed by atoms with E-state index in [0.717, 1.165) is 10.4 Å². The highest BCUT2D eigenvalue weighted by Crippen LogP contribution is 1.81. The van der Waals surface area contributed by atoms with E-state index in [9.17, 15) is 16.5 Å². The third-order valence-electron chi connectivity index (χ3n) is 0.217. The summed E-state index contributed by atoms with van der Waals surface area (Å²) in [4.78, 5) is 0. The molecule has 0 aliphatic heterocycles. The third-order valence-corrected chi connectivity index (χ3v) is 1.95. The van der Waals surface area contributed by atoms with E-state index in [2.05, 4.69) is 0 Å². The van der Waals surface area contributed by atoms with Crippen LogP contribution in [-0.2, 0) is 21.4 Å². The lowest BCUT2D eigenvalue weighted by Gasteiger charge is -1.87. The van der Waals surface area contributed by atoms with Crippen LogP contribution in [-0.4, -0.2) is 18.9 Å². The molecule has 0 amide bonds. The molecule has 0 aromatic heterocycles. The first-order valence-electron chi connectivity index (χ1n) is 1.47. The zero-order valence-electron chi connectivity index (χ0n) is 3.92. The summed E-state index contributed by atoms with van der Waals surface area (Å²) >= 11 is 0. The van der Waals surface area contributed by atoms with Crippen molar-refractivity contribution in [2.45, 2.75) is 0 Å². The maximum Gasteiger partial charge on any atom is 0.383 e. The SMILES string of the molecule is CS(=O)NS(=O)(=O)F. The van der Waals surface area contributed by atoms with Gasteiger partial charge in [0.25, 0.3) is 0 Å². The van der Waals surface area contributed by atoms with E-state index in [1.807, 2.05) is 0 Å². The lowest BCUT2D eigenvalue weighted by atomic mass is 12.0. The van der Waals surface area contributed by atoms with Gasteiger partial charge in [0.15, 0.2) is 0 Å². The molecule has 0 radical (unpaired) electrons. The van der Waals surface area contributed by atoms with Crippen LogP contribution >= 0.6 is 0 Å². The van der Waals surface area contributed by atoms with Crippen molar-refractivity contribution in [3.05, 3.63) is 0 Å². The molecule has 0 spiro atoms. The fourth-order valence-electron chi connectivity index (χ4n) is 0.140. The number of hydrogen-bond donors (Lipinski definition) is 1. The molecule has 8 heavy (non-hydrogen) atoms. The van der Waals surface area contributed by atoms with Gasteiger partial charge in [-0.15, -0.1) is 4.13 Å². The minimum absolute atomic E-state index is 1.01. The van der Waals surface area contributed by atoms with Gasteiger partial charge in [0.1, 0.15) is 11.0 Å². The number of hydrogen-bond acceptors (Lipinski definition) is 3. The molecule has 0 aromatic rings. The van der Waals surface area contributed by atoms with Crippen LogP contribution in [0.25, 0.3) is 0 Å². The summed E-state index contributed by atoms with van der Waals surface area (Å²) in [6.45, 7) is 0. The molecule has 0 saturated carbocycles. The standard InChI is InChI=1S/CH4FNO3S2/c1-7(4)3-8(2,5)6/h3H,1H3. The number of nitrogens with one attached hydrogen (secondary N) is 1. The number of rotatable bonds is 2. The van der Waals surface area contributed by atoms with Gasteiger partial charge in [-0.1, -0.05) is 3.89 Å². The molecule has 4 nitrogen and oxygen atoms in total. The van der Waals surface area contributed by atoms with Crippen molar-refractivity contribution in [2.24, 2.45) is 0 Å². The van der Waals surface area contributed by atoms with Crippen molar-refractivity contribution < 1.29 is 16.5 Å². The Hall–Kier alpha value is -0.0100. The van der Waals surface area contributed by atoms with E-state index in [1.165, 1.54) is 0 Å². The fraction of sp³-hybridized carbons (Fsp3) is 1.00. The van der Waals surface area contributed by atoms with E-state index < -0.39 is 21.4 Å². The Morgan fingerprint density at radius 3 is 2.00 bits per heavy atom. The molecule has 0 aliphatic rings. The number of halogens is 1. The van der Waals surface area contributed by atoms with Gasteiger partial charge in [-0.2, -0.15) is 8.42 Å². The monoisotopic (exact) mass is 161 g/mol. The van der Waals surface area contributed by atoms with Crippen molar-refractivity contribution in [3.8, 4) is 0 Å². The van der Waals surface area contributed by atoms with Crippen LogP contribution in [0, 0.1) is 0 Å². The smallest absolute Gasteiger partial charge is 0.242 e. The van der Waals surface area contributed by atoms with Crippen molar-refractivity contribution in [1.82, 2.24) is 4.13 Å². The van der Waals surface area contributed by atoms with Crippen LogP contribution in [0.1, 0.15) is 0 Å². The van der Waals surface area contributed by atoms with Crippen LogP contribution in [0.5, 0.6) is 0 Å². The van der Waals surface area contributed by atoms with Crippen molar-refractivity contribution in [1.29, 1.82) is 0 Å². The van der Waals surface area contributed by atoms with Crippen molar-refractivity contribution >= 4 is 21.4 Å². The van der Waals surface area contributed by atoms with Crippen LogP contribution in [0.3, 0.4) is 0 Å². The first-order valence-corrected chi connectivity index (χ1v) is 4.41. The molecule has 0 fully saturated rings. The van der Waals surface area contributed by atoms with Crippen LogP contribution < -0.4 is 4.13 Å². The third kappa shape index (κ3) is 5.99. The first-order chi connectivity index (χ1) is 3.42. The van der Waals surface area contributed by atoms with E-state index in [1.54, 1.807) is 0 Å². The largest absolute Gasteiger partial charge is 0.383 e. The summed E-state index contributed by atoms with van der Waals surface area (Å²) in [7, 11) is -6.62. The summed E-state index contributed by atoms with van der Waals surface area (Å²) in [5.41, 5.74) is 0. The second kappa shape index (κ2) is 2.51. The van der Waals surface area contributed by atoms with Gasteiger partial charge in [-0.05, 0) is 0 Å². The molecule has 50 valence electrons. The molecule has 0 bridgehead atoms. The zero-order valence-corrected chi connectivity index (χ0v) is 5.55. The second-order valence-corrected chi connectivity index (χ2v) is 3.43. The molecule has 0 rings (SSSR count). The van der Waals surface area contributed by atoms with Gasteiger partial charge >= 0.3 is 10.4 Å². The van der Waals surface area contributed by atoms with E-state index in [-0.39, 0.29) is 0 Å². The zero-order chi connectivity index (χ0) is 6.78. The minimum atomic E-state index is -4.77. The molecule has 0 heterocycles. The molecule has 1 unspecified atom stereocenters. The summed E-state index contributed by atoms with van der Waals surface area (Å²) < 4.78 is 41.2. The van der Waals surface area contributed by atoms with E-state index >= 15 is 0 Å². The van der Waals surface area contributed by atoms with Gasteiger partial charge in [0.05, 0.1) is 0 Å². The molecule has 0 aromatic carbocycles. The molecular weight excluding hydrogens is 157 g/mol. The lowest BCUT2D eigenvalue weighted by molar-refractivity contribution is 0.548. The van der Waals surface area contributed by atoms with Gasteiger partial charge in [-0.3, -0.25) is 0 Å². The summed E-state index contributed by atoms with van der Waals surface area (Å²) in [5.74, 6) is 0.